The van der Waals surface area contributed by atoms with Crippen LogP contribution in [0, 0.1) is 0 Å². The summed E-state index contributed by atoms with van der Waals surface area (Å²) < 4.78 is 26.5. The van der Waals surface area contributed by atoms with Gasteiger partial charge in [0.25, 0.3) is 0 Å². The smallest absolute Gasteiger partial charge is 0.207 e. The molecule has 0 spiro atoms. The summed E-state index contributed by atoms with van der Waals surface area (Å²) in [4.78, 5) is 5.71. The Morgan fingerprint density at radius 2 is 1.64 bits per heavy atom. The highest BCUT2D eigenvalue weighted by molar-refractivity contribution is 7.91. The van der Waals surface area contributed by atoms with Gasteiger partial charge in [0.2, 0.25) is 9.84 Å². The standard InChI is InChI=1S/C24H19NO2S/c1-2-19-22-18-10-6-7-11-20(18)28(26,27)21-15-14-17(24(25-19)23(21)22)13-12-16-8-4-3-5-9-16/h3-15,22H,2H2,1H3/b13-12+. The molecule has 2 aliphatic heterocycles. The minimum atomic E-state index is -3.53. The predicted octanol–water partition coefficient (Wildman–Crippen LogP) is 5.63. The van der Waals surface area contributed by atoms with Crippen LogP contribution in [-0.4, -0.2) is 14.1 Å². The fraction of sp³-hybridized carbons (Fsp3) is 0.125. The first-order valence-electron chi connectivity index (χ1n) is 9.42. The van der Waals surface area contributed by atoms with Crippen molar-refractivity contribution in [3.8, 4) is 0 Å². The largest absolute Gasteiger partial charge is 0.256 e. The first kappa shape index (κ1) is 17.1. The second kappa shape index (κ2) is 6.28. The maximum atomic E-state index is 13.2. The fourth-order valence-corrected chi connectivity index (χ4v) is 5.95. The van der Waals surface area contributed by atoms with E-state index in [1.165, 1.54) is 0 Å². The fourth-order valence-electron chi connectivity index (χ4n) is 4.20. The van der Waals surface area contributed by atoms with Gasteiger partial charge in [0.1, 0.15) is 0 Å². The SMILES string of the molecule is CCC1=Nc2c(/C=C/c3ccccc3)ccc3c2C1c1ccccc1S3(=O)=O. The van der Waals surface area contributed by atoms with Crippen LogP contribution in [0.1, 0.15) is 41.5 Å². The van der Waals surface area contributed by atoms with Gasteiger partial charge in [0.05, 0.1) is 21.4 Å². The van der Waals surface area contributed by atoms with E-state index in [0.717, 1.165) is 40.1 Å². The summed E-state index contributed by atoms with van der Waals surface area (Å²) in [6.07, 6.45) is 4.85. The lowest BCUT2D eigenvalue weighted by atomic mass is 9.86. The maximum Gasteiger partial charge on any atom is 0.207 e. The molecule has 2 heterocycles. The molecule has 3 aromatic carbocycles. The third kappa shape index (κ3) is 2.41. The summed E-state index contributed by atoms with van der Waals surface area (Å²) in [5.41, 5.74) is 5.55. The number of sulfone groups is 1. The normalized spacial score (nSPS) is 18.6. The second-order valence-electron chi connectivity index (χ2n) is 7.09. The van der Waals surface area contributed by atoms with E-state index in [1.807, 2.05) is 60.7 Å². The molecule has 0 N–H and O–H groups in total. The summed E-state index contributed by atoms with van der Waals surface area (Å²) in [6, 6.07) is 21.0. The van der Waals surface area contributed by atoms with Crippen LogP contribution >= 0.6 is 0 Å². The van der Waals surface area contributed by atoms with Crippen molar-refractivity contribution in [1.82, 2.24) is 0 Å². The molecule has 0 radical (unpaired) electrons. The summed E-state index contributed by atoms with van der Waals surface area (Å²) >= 11 is 0. The van der Waals surface area contributed by atoms with Gasteiger partial charge in [-0.1, -0.05) is 73.7 Å². The summed E-state index contributed by atoms with van der Waals surface area (Å²) in [5.74, 6) is -0.0696. The van der Waals surface area contributed by atoms with Crippen molar-refractivity contribution < 1.29 is 8.42 Å². The van der Waals surface area contributed by atoms with Crippen LogP contribution in [-0.2, 0) is 9.84 Å². The van der Waals surface area contributed by atoms with Gasteiger partial charge in [0, 0.05) is 16.8 Å². The molecule has 3 nitrogen and oxygen atoms in total. The van der Waals surface area contributed by atoms with Gasteiger partial charge in [-0.25, -0.2) is 8.42 Å². The highest BCUT2D eigenvalue weighted by Crippen LogP contribution is 2.52. The molecule has 0 bridgehead atoms. The van der Waals surface area contributed by atoms with E-state index in [1.54, 1.807) is 18.2 Å². The summed E-state index contributed by atoms with van der Waals surface area (Å²) in [6.45, 7) is 2.08. The Morgan fingerprint density at radius 1 is 0.893 bits per heavy atom. The quantitative estimate of drug-likeness (QED) is 0.549. The lowest BCUT2D eigenvalue weighted by Crippen LogP contribution is -2.21. The van der Waals surface area contributed by atoms with Crippen LogP contribution in [0.2, 0.25) is 0 Å². The van der Waals surface area contributed by atoms with E-state index in [-0.39, 0.29) is 5.92 Å². The number of hydrogen-bond acceptors (Lipinski definition) is 3. The number of aliphatic imine (C=N–C) groups is 1. The molecule has 4 heteroatoms. The first-order valence-corrected chi connectivity index (χ1v) is 10.9. The maximum absolute atomic E-state index is 13.2. The Balaban J connectivity index is 1.73. The average Bonchev–Trinajstić information content (AvgIpc) is 3.12. The van der Waals surface area contributed by atoms with Gasteiger partial charge in [0.15, 0.2) is 0 Å². The average molecular weight is 385 g/mol. The molecule has 0 fully saturated rings. The molecule has 0 amide bonds. The molecule has 1 atom stereocenters. The lowest BCUT2D eigenvalue weighted by Gasteiger charge is -2.26. The Bertz CT molecular complexity index is 1260. The van der Waals surface area contributed by atoms with E-state index >= 15 is 0 Å². The monoisotopic (exact) mass is 385 g/mol. The molecule has 0 saturated carbocycles. The number of fused-ring (bicyclic) bond motifs is 2. The van der Waals surface area contributed by atoms with Gasteiger partial charge in [-0.2, -0.15) is 0 Å². The highest BCUT2D eigenvalue weighted by Gasteiger charge is 2.42. The molecule has 1 unspecified atom stereocenters. The summed E-state index contributed by atoms with van der Waals surface area (Å²) in [5, 5.41) is 0. The first-order chi connectivity index (χ1) is 13.6. The van der Waals surface area contributed by atoms with Crippen LogP contribution in [0.15, 0.2) is 81.5 Å². The zero-order chi connectivity index (χ0) is 19.3. The number of benzene rings is 3. The topological polar surface area (TPSA) is 46.5 Å². The zero-order valence-electron chi connectivity index (χ0n) is 15.5. The molecule has 28 heavy (non-hydrogen) atoms. The van der Waals surface area contributed by atoms with Crippen molar-refractivity contribution in [2.24, 2.45) is 4.99 Å². The van der Waals surface area contributed by atoms with Gasteiger partial charge in [-0.3, -0.25) is 4.99 Å². The Morgan fingerprint density at radius 3 is 2.43 bits per heavy atom. The highest BCUT2D eigenvalue weighted by atomic mass is 32.2. The Hall–Kier alpha value is -2.98. The van der Waals surface area contributed by atoms with Crippen molar-refractivity contribution in [2.75, 3.05) is 0 Å². The van der Waals surface area contributed by atoms with E-state index < -0.39 is 9.84 Å². The number of nitrogens with zero attached hydrogens (tertiary/aromatic N) is 1. The molecule has 0 aromatic heterocycles. The molecule has 3 aromatic rings. The minimum absolute atomic E-state index is 0.0696. The van der Waals surface area contributed by atoms with Gasteiger partial charge in [-0.05, 0) is 29.7 Å². The van der Waals surface area contributed by atoms with Crippen LogP contribution < -0.4 is 0 Å². The molecular weight excluding hydrogens is 366 g/mol. The van der Waals surface area contributed by atoms with Gasteiger partial charge in [-0.15, -0.1) is 0 Å². The van der Waals surface area contributed by atoms with E-state index in [0.29, 0.717) is 9.79 Å². The van der Waals surface area contributed by atoms with Crippen molar-refractivity contribution in [2.45, 2.75) is 29.1 Å². The summed E-state index contributed by atoms with van der Waals surface area (Å²) in [7, 11) is -3.53. The van der Waals surface area contributed by atoms with E-state index in [9.17, 15) is 8.42 Å². The van der Waals surface area contributed by atoms with Crippen LogP contribution in [0.4, 0.5) is 5.69 Å². The third-order valence-corrected chi connectivity index (χ3v) is 7.40. The molecule has 0 saturated heterocycles. The van der Waals surface area contributed by atoms with Crippen LogP contribution in [0.25, 0.3) is 12.2 Å². The van der Waals surface area contributed by atoms with Crippen molar-refractivity contribution in [1.29, 1.82) is 0 Å². The predicted molar refractivity (Wildman–Crippen MR) is 113 cm³/mol. The van der Waals surface area contributed by atoms with Crippen molar-refractivity contribution in [3.05, 3.63) is 89.0 Å². The minimum Gasteiger partial charge on any atom is -0.256 e. The molecule has 2 aliphatic rings. The second-order valence-corrected chi connectivity index (χ2v) is 8.98. The van der Waals surface area contributed by atoms with Gasteiger partial charge >= 0.3 is 0 Å². The molecule has 5 rings (SSSR count). The van der Waals surface area contributed by atoms with Gasteiger partial charge < -0.3 is 0 Å². The zero-order valence-corrected chi connectivity index (χ0v) is 16.3. The molecule has 138 valence electrons. The lowest BCUT2D eigenvalue weighted by molar-refractivity contribution is 0.591. The van der Waals surface area contributed by atoms with Crippen LogP contribution in [0.3, 0.4) is 0 Å². The van der Waals surface area contributed by atoms with E-state index in [4.69, 9.17) is 4.99 Å². The number of rotatable bonds is 3. The van der Waals surface area contributed by atoms with Crippen LogP contribution in [0.5, 0.6) is 0 Å². The molecular formula is C24H19NO2S. The third-order valence-electron chi connectivity index (χ3n) is 5.51. The van der Waals surface area contributed by atoms with E-state index in [2.05, 4.69) is 6.92 Å². The number of hydrogen-bond donors (Lipinski definition) is 0. The Kier molecular flexibility index (Phi) is 3.84. The van der Waals surface area contributed by atoms with Crippen molar-refractivity contribution >= 4 is 33.4 Å². The molecule has 0 aliphatic carbocycles. The Labute approximate surface area is 165 Å². The van der Waals surface area contributed by atoms with Crippen molar-refractivity contribution in [3.63, 3.8) is 0 Å².